The SMILES string of the molecule is CCOc1ccc(NC(=O)[C@@H]2[C@@H]3C[C@H]4[C@@H]2C(=O)O[C@@H]4C3)cc1. The van der Waals surface area contributed by atoms with E-state index >= 15 is 0 Å². The number of benzene rings is 1. The molecule has 1 saturated heterocycles. The van der Waals surface area contributed by atoms with Crippen LogP contribution in [-0.2, 0) is 14.3 Å². The van der Waals surface area contributed by atoms with Gasteiger partial charge in [0.2, 0.25) is 5.91 Å². The molecule has 2 aliphatic carbocycles. The number of ether oxygens (including phenoxy) is 2. The highest BCUT2D eigenvalue weighted by Gasteiger charge is 2.63. The van der Waals surface area contributed by atoms with Crippen LogP contribution in [0.25, 0.3) is 0 Å². The summed E-state index contributed by atoms with van der Waals surface area (Å²) in [5.41, 5.74) is 0.735. The van der Waals surface area contributed by atoms with Gasteiger partial charge in [0.15, 0.2) is 0 Å². The van der Waals surface area contributed by atoms with Gasteiger partial charge in [0.1, 0.15) is 11.9 Å². The predicted molar refractivity (Wildman–Crippen MR) is 79.3 cm³/mol. The quantitative estimate of drug-likeness (QED) is 0.866. The van der Waals surface area contributed by atoms with Crippen LogP contribution in [-0.4, -0.2) is 24.6 Å². The van der Waals surface area contributed by atoms with E-state index in [1.807, 2.05) is 31.2 Å². The van der Waals surface area contributed by atoms with Crippen LogP contribution < -0.4 is 10.1 Å². The van der Waals surface area contributed by atoms with Crippen molar-refractivity contribution < 1.29 is 19.1 Å². The van der Waals surface area contributed by atoms with E-state index in [1.165, 1.54) is 0 Å². The summed E-state index contributed by atoms with van der Waals surface area (Å²) in [7, 11) is 0. The molecule has 3 aliphatic rings. The standard InChI is InChI=1S/C17H19NO4/c1-2-21-11-5-3-10(4-6-11)18-16(19)14-9-7-12-13(8-9)22-17(20)15(12)14/h3-6,9,12-15H,2,7-8H2,1H3,(H,18,19)/t9-,12-,13-,14-,15+/m1/s1. The number of carbonyl (C=O) groups is 2. The van der Waals surface area contributed by atoms with Crippen molar-refractivity contribution in [2.45, 2.75) is 25.9 Å². The van der Waals surface area contributed by atoms with E-state index in [-0.39, 0.29) is 41.7 Å². The lowest BCUT2D eigenvalue weighted by Crippen LogP contribution is -2.35. The Morgan fingerprint density at radius 1 is 1.32 bits per heavy atom. The molecular weight excluding hydrogens is 282 g/mol. The van der Waals surface area contributed by atoms with Crippen molar-refractivity contribution in [2.24, 2.45) is 23.7 Å². The Balaban J connectivity index is 1.47. The first-order valence-corrected chi connectivity index (χ1v) is 7.91. The van der Waals surface area contributed by atoms with Crippen LogP contribution in [0.1, 0.15) is 19.8 Å². The van der Waals surface area contributed by atoms with Crippen LogP contribution in [0.15, 0.2) is 24.3 Å². The summed E-state index contributed by atoms with van der Waals surface area (Å²) in [6.45, 7) is 2.54. The molecule has 5 atom stereocenters. The van der Waals surface area contributed by atoms with Crippen LogP contribution >= 0.6 is 0 Å². The first-order chi connectivity index (χ1) is 10.7. The molecule has 0 radical (unpaired) electrons. The Hall–Kier alpha value is -2.04. The molecule has 1 aromatic carbocycles. The van der Waals surface area contributed by atoms with E-state index < -0.39 is 0 Å². The van der Waals surface area contributed by atoms with Gasteiger partial charge in [-0.05, 0) is 49.9 Å². The van der Waals surface area contributed by atoms with Gasteiger partial charge >= 0.3 is 5.97 Å². The molecule has 5 nitrogen and oxygen atoms in total. The number of hydrogen-bond donors (Lipinski definition) is 1. The largest absolute Gasteiger partial charge is 0.494 e. The monoisotopic (exact) mass is 301 g/mol. The summed E-state index contributed by atoms with van der Waals surface area (Å²) < 4.78 is 10.8. The van der Waals surface area contributed by atoms with Gasteiger partial charge in [-0.15, -0.1) is 0 Å². The predicted octanol–water partition coefficient (Wildman–Crippen LogP) is 2.22. The molecule has 116 valence electrons. The fourth-order valence-corrected chi connectivity index (χ4v) is 4.39. The van der Waals surface area contributed by atoms with Crippen molar-refractivity contribution in [3.8, 4) is 5.75 Å². The number of nitrogens with one attached hydrogen (secondary N) is 1. The first kappa shape index (κ1) is 13.6. The molecule has 0 aromatic heterocycles. The molecule has 2 bridgehead atoms. The zero-order valence-corrected chi connectivity index (χ0v) is 12.5. The second-order valence-electron chi connectivity index (χ2n) is 6.37. The van der Waals surface area contributed by atoms with Crippen molar-refractivity contribution in [3.63, 3.8) is 0 Å². The van der Waals surface area contributed by atoms with E-state index in [0.29, 0.717) is 6.61 Å². The summed E-state index contributed by atoms with van der Waals surface area (Å²) >= 11 is 0. The average Bonchev–Trinajstić information content (AvgIpc) is 3.11. The van der Waals surface area contributed by atoms with Crippen molar-refractivity contribution in [2.75, 3.05) is 11.9 Å². The molecule has 5 heteroatoms. The second kappa shape index (κ2) is 5.00. The van der Waals surface area contributed by atoms with Gasteiger partial charge in [0, 0.05) is 11.6 Å². The number of rotatable bonds is 4. The molecule has 1 heterocycles. The summed E-state index contributed by atoms with van der Waals surface area (Å²) in [6, 6.07) is 7.32. The third kappa shape index (κ3) is 1.99. The summed E-state index contributed by atoms with van der Waals surface area (Å²) in [5.74, 6) is 0.625. The van der Waals surface area contributed by atoms with Crippen LogP contribution in [0.4, 0.5) is 5.69 Å². The highest BCUT2D eigenvalue weighted by atomic mass is 16.6. The molecule has 0 unspecified atom stereocenters. The fraction of sp³-hybridized carbons (Fsp3) is 0.529. The minimum atomic E-state index is -0.234. The highest BCUT2D eigenvalue weighted by Crippen LogP contribution is 2.57. The average molecular weight is 301 g/mol. The molecular formula is C17H19NO4. The Kier molecular flexibility index (Phi) is 3.10. The molecule has 3 fully saturated rings. The van der Waals surface area contributed by atoms with Gasteiger partial charge in [0.05, 0.1) is 18.4 Å². The van der Waals surface area contributed by atoms with E-state index in [0.717, 1.165) is 24.3 Å². The van der Waals surface area contributed by atoms with E-state index in [9.17, 15) is 9.59 Å². The van der Waals surface area contributed by atoms with E-state index in [4.69, 9.17) is 9.47 Å². The van der Waals surface area contributed by atoms with Crippen LogP contribution in [0.5, 0.6) is 5.75 Å². The van der Waals surface area contributed by atoms with Crippen LogP contribution in [0.3, 0.4) is 0 Å². The molecule has 0 spiro atoms. The van der Waals surface area contributed by atoms with Crippen molar-refractivity contribution >= 4 is 17.6 Å². The first-order valence-electron chi connectivity index (χ1n) is 7.91. The minimum absolute atomic E-state index is 0.0565. The zero-order valence-electron chi connectivity index (χ0n) is 12.5. The van der Waals surface area contributed by atoms with Gasteiger partial charge < -0.3 is 14.8 Å². The van der Waals surface area contributed by atoms with E-state index in [1.54, 1.807) is 0 Å². The van der Waals surface area contributed by atoms with E-state index in [2.05, 4.69) is 5.32 Å². The number of esters is 1. The van der Waals surface area contributed by atoms with Crippen molar-refractivity contribution in [1.29, 1.82) is 0 Å². The maximum Gasteiger partial charge on any atom is 0.310 e. The Bertz CT molecular complexity index is 610. The molecule has 1 aliphatic heterocycles. The zero-order chi connectivity index (χ0) is 15.3. The third-order valence-corrected chi connectivity index (χ3v) is 5.22. The Labute approximate surface area is 129 Å². The Morgan fingerprint density at radius 2 is 2.09 bits per heavy atom. The maximum absolute atomic E-state index is 12.6. The molecule has 1 amide bonds. The molecule has 1 aromatic rings. The highest BCUT2D eigenvalue weighted by molar-refractivity contribution is 5.97. The van der Waals surface area contributed by atoms with Gasteiger partial charge in [-0.1, -0.05) is 0 Å². The van der Waals surface area contributed by atoms with Crippen molar-refractivity contribution in [1.82, 2.24) is 0 Å². The topological polar surface area (TPSA) is 64.6 Å². The summed E-state index contributed by atoms with van der Waals surface area (Å²) in [5, 5.41) is 2.94. The Morgan fingerprint density at radius 3 is 2.82 bits per heavy atom. The van der Waals surface area contributed by atoms with Gasteiger partial charge in [-0.25, -0.2) is 0 Å². The number of hydrogen-bond acceptors (Lipinski definition) is 4. The minimum Gasteiger partial charge on any atom is -0.494 e. The number of fused-ring (bicyclic) bond motifs is 1. The number of amides is 1. The second-order valence-corrected chi connectivity index (χ2v) is 6.37. The van der Waals surface area contributed by atoms with Gasteiger partial charge in [0.25, 0.3) is 0 Å². The van der Waals surface area contributed by atoms with Gasteiger partial charge in [-0.2, -0.15) is 0 Å². The number of anilines is 1. The molecule has 1 N–H and O–H groups in total. The summed E-state index contributed by atoms with van der Waals surface area (Å²) in [6.07, 6.45) is 1.86. The molecule has 2 saturated carbocycles. The number of carbonyl (C=O) groups excluding carboxylic acids is 2. The van der Waals surface area contributed by atoms with Crippen LogP contribution in [0.2, 0.25) is 0 Å². The third-order valence-electron chi connectivity index (χ3n) is 5.22. The lowest BCUT2D eigenvalue weighted by molar-refractivity contribution is -0.145. The molecule has 4 rings (SSSR count). The van der Waals surface area contributed by atoms with Crippen LogP contribution in [0, 0.1) is 23.7 Å². The lowest BCUT2D eigenvalue weighted by atomic mass is 9.79. The molecule has 22 heavy (non-hydrogen) atoms. The normalized spacial score (nSPS) is 34.6. The van der Waals surface area contributed by atoms with Crippen molar-refractivity contribution in [3.05, 3.63) is 24.3 Å². The van der Waals surface area contributed by atoms with Gasteiger partial charge in [-0.3, -0.25) is 9.59 Å². The lowest BCUT2D eigenvalue weighted by Gasteiger charge is -2.23. The smallest absolute Gasteiger partial charge is 0.310 e. The maximum atomic E-state index is 12.6. The summed E-state index contributed by atoms with van der Waals surface area (Å²) in [4.78, 5) is 24.6. The fourth-order valence-electron chi connectivity index (χ4n) is 4.39.